The zero-order valence-corrected chi connectivity index (χ0v) is 19.4. The fourth-order valence-corrected chi connectivity index (χ4v) is 6.12. The number of hydrogen-bond donors (Lipinski definition) is 1. The Morgan fingerprint density at radius 3 is 2.56 bits per heavy atom. The second-order valence-corrected chi connectivity index (χ2v) is 10.3. The number of hydrogen-bond acceptors (Lipinski definition) is 6. The highest BCUT2D eigenvalue weighted by atomic mass is 32.2. The van der Waals surface area contributed by atoms with Gasteiger partial charge in [-0.05, 0) is 56.9 Å². The number of aromatic nitrogens is 1. The summed E-state index contributed by atoms with van der Waals surface area (Å²) < 4.78 is 32.5. The Hall–Kier alpha value is -2.72. The topological polar surface area (TPSA) is 113 Å². The minimum Gasteiger partial charge on any atom is -0.361 e. The molecule has 1 saturated heterocycles. The summed E-state index contributed by atoms with van der Waals surface area (Å²) in [4.78, 5) is 27.0. The second-order valence-electron chi connectivity index (χ2n) is 8.35. The lowest BCUT2D eigenvalue weighted by atomic mass is 10.1. The van der Waals surface area contributed by atoms with Crippen LogP contribution in [0.5, 0.6) is 0 Å². The van der Waals surface area contributed by atoms with Gasteiger partial charge in [-0.3, -0.25) is 14.5 Å². The summed E-state index contributed by atoms with van der Waals surface area (Å²) in [6.45, 7) is 6.52. The van der Waals surface area contributed by atoms with Gasteiger partial charge >= 0.3 is 0 Å². The van der Waals surface area contributed by atoms with E-state index in [4.69, 9.17) is 4.52 Å². The highest BCUT2D eigenvalue weighted by molar-refractivity contribution is 7.89. The van der Waals surface area contributed by atoms with E-state index in [9.17, 15) is 18.0 Å². The summed E-state index contributed by atoms with van der Waals surface area (Å²) in [6.07, 6.45) is 2.57. The molecule has 1 aromatic heterocycles. The molecule has 32 heavy (non-hydrogen) atoms. The van der Waals surface area contributed by atoms with Crippen molar-refractivity contribution < 1.29 is 22.5 Å². The van der Waals surface area contributed by atoms with E-state index >= 15 is 0 Å². The number of sulfonamides is 1. The number of carbonyl (C=O) groups excluding carboxylic acids is 2. The first kappa shape index (κ1) is 22.5. The zero-order chi connectivity index (χ0) is 23.0. The number of amides is 2. The Balaban J connectivity index is 1.50. The van der Waals surface area contributed by atoms with E-state index in [-0.39, 0.29) is 23.1 Å². The third kappa shape index (κ3) is 4.04. The summed E-state index contributed by atoms with van der Waals surface area (Å²) >= 11 is 0. The van der Waals surface area contributed by atoms with E-state index in [0.717, 1.165) is 29.9 Å². The monoisotopic (exact) mass is 460 g/mol. The fourth-order valence-electron chi connectivity index (χ4n) is 4.55. The largest absolute Gasteiger partial charge is 0.361 e. The molecule has 1 aromatic carbocycles. The summed E-state index contributed by atoms with van der Waals surface area (Å²) in [5.41, 5.74) is 3.03. The molecule has 2 aromatic rings. The Kier molecular flexibility index (Phi) is 6.09. The predicted molar refractivity (Wildman–Crippen MR) is 118 cm³/mol. The second kappa shape index (κ2) is 8.67. The van der Waals surface area contributed by atoms with Gasteiger partial charge < -0.3 is 9.84 Å². The molecule has 0 aliphatic carbocycles. The average Bonchev–Trinajstić information content (AvgIpc) is 3.48. The molecule has 1 atom stereocenters. The molecule has 1 N–H and O–H groups in total. The highest BCUT2D eigenvalue weighted by Gasteiger charge is 2.38. The average molecular weight is 461 g/mol. The molecule has 2 aliphatic heterocycles. The molecule has 3 heterocycles. The number of fused-ring (bicyclic) bond motifs is 1. The molecule has 2 amide bonds. The van der Waals surface area contributed by atoms with Crippen molar-refractivity contribution in [2.45, 2.75) is 57.4 Å². The minimum absolute atomic E-state index is 0.209. The van der Waals surface area contributed by atoms with Crippen LogP contribution in [-0.4, -0.2) is 55.4 Å². The van der Waals surface area contributed by atoms with Crippen LogP contribution in [0, 0.1) is 13.8 Å². The summed E-state index contributed by atoms with van der Waals surface area (Å²) in [6, 6.07) is 4.06. The van der Waals surface area contributed by atoms with Crippen molar-refractivity contribution in [1.82, 2.24) is 14.8 Å². The smallest absolute Gasteiger partial charge is 0.243 e. The van der Waals surface area contributed by atoms with Crippen molar-refractivity contribution in [2.75, 3.05) is 24.5 Å². The van der Waals surface area contributed by atoms with Gasteiger partial charge in [0, 0.05) is 44.2 Å². The SMILES string of the molecule is CC(=O)N1c2ccc(S(=O)(=O)N3CCCC3)cc2C[C@H]1C(=O)NCCc1c(C)noc1C. The van der Waals surface area contributed by atoms with Crippen molar-refractivity contribution in [1.29, 1.82) is 0 Å². The number of aryl methyl sites for hydroxylation is 2. The minimum atomic E-state index is -3.57. The van der Waals surface area contributed by atoms with Crippen LogP contribution in [0.1, 0.15) is 42.3 Å². The van der Waals surface area contributed by atoms with Gasteiger partial charge in [0.25, 0.3) is 0 Å². The molecule has 0 unspecified atom stereocenters. The van der Waals surface area contributed by atoms with Gasteiger partial charge in [-0.15, -0.1) is 0 Å². The molecule has 0 radical (unpaired) electrons. The zero-order valence-electron chi connectivity index (χ0n) is 18.6. The van der Waals surface area contributed by atoms with Crippen LogP contribution in [0.4, 0.5) is 5.69 Å². The highest BCUT2D eigenvalue weighted by Crippen LogP contribution is 2.35. The van der Waals surface area contributed by atoms with Crippen molar-refractivity contribution >= 4 is 27.5 Å². The predicted octanol–water partition coefficient (Wildman–Crippen LogP) is 1.71. The first-order valence-electron chi connectivity index (χ1n) is 10.8. The van der Waals surface area contributed by atoms with E-state index in [1.54, 1.807) is 12.1 Å². The lowest BCUT2D eigenvalue weighted by molar-refractivity contribution is -0.125. The molecule has 0 spiro atoms. The summed E-state index contributed by atoms with van der Waals surface area (Å²) in [5, 5.41) is 6.81. The van der Waals surface area contributed by atoms with Crippen molar-refractivity contribution in [3.8, 4) is 0 Å². The number of nitrogens with one attached hydrogen (secondary N) is 1. The molecule has 10 heteroatoms. The number of rotatable bonds is 6. The Morgan fingerprint density at radius 1 is 1.22 bits per heavy atom. The summed E-state index contributed by atoms with van der Waals surface area (Å²) in [5.74, 6) is 0.194. The number of benzene rings is 1. The molecule has 2 aliphatic rings. The van der Waals surface area contributed by atoms with Crippen LogP contribution >= 0.6 is 0 Å². The molecule has 0 saturated carbocycles. The third-order valence-electron chi connectivity index (χ3n) is 6.24. The fraction of sp³-hybridized carbons (Fsp3) is 0.500. The first-order chi connectivity index (χ1) is 15.2. The van der Waals surface area contributed by atoms with Gasteiger partial charge in [0.2, 0.25) is 21.8 Å². The molecule has 172 valence electrons. The molecule has 0 bridgehead atoms. The van der Waals surface area contributed by atoms with Gasteiger partial charge in [0.05, 0.1) is 10.6 Å². The van der Waals surface area contributed by atoms with Gasteiger partial charge in [0.1, 0.15) is 11.8 Å². The van der Waals surface area contributed by atoms with Crippen LogP contribution in [0.3, 0.4) is 0 Å². The molecular weight excluding hydrogens is 432 g/mol. The standard InChI is InChI=1S/C22H28N4O5S/c1-14-19(15(2)31-24-14)8-9-23-22(28)21-13-17-12-18(6-7-20(17)26(21)16(3)27)32(29,30)25-10-4-5-11-25/h6-7,12,21H,4-5,8-11,13H2,1-3H3,(H,23,28)/t21-/m0/s1. The quantitative estimate of drug-likeness (QED) is 0.702. The van der Waals surface area contributed by atoms with E-state index in [1.807, 2.05) is 13.8 Å². The Morgan fingerprint density at radius 2 is 1.94 bits per heavy atom. The van der Waals surface area contributed by atoms with E-state index in [1.165, 1.54) is 22.2 Å². The summed E-state index contributed by atoms with van der Waals surface area (Å²) in [7, 11) is -3.57. The van der Waals surface area contributed by atoms with Gasteiger partial charge in [-0.2, -0.15) is 4.31 Å². The van der Waals surface area contributed by atoms with Crippen LogP contribution in [0.15, 0.2) is 27.6 Å². The number of anilines is 1. The van der Waals surface area contributed by atoms with Gasteiger partial charge in [-0.25, -0.2) is 8.42 Å². The maximum Gasteiger partial charge on any atom is 0.243 e. The third-order valence-corrected chi connectivity index (χ3v) is 8.13. The lowest BCUT2D eigenvalue weighted by Crippen LogP contribution is -2.47. The van der Waals surface area contributed by atoms with Crippen LogP contribution in [-0.2, 0) is 32.5 Å². The van der Waals surface area contributed by atoms with Gasteiger partial charge in [-0.1, -0.05) is 5.16 Å². The van der Waals surface area contributed by atoms with Crippen LogP contribution in [0.25, 0.3) is 0 Å². The van der Waals surface area contributed by atoms with Crippen LogP contribution < -0.4 is 10.2 Å². The molecular formula is C22H28N4O5S. The van der Waals surface area contributed by atoms with Gasteiger partial charge in [0.15, 0.2) is 0 Å². The number of carbonyl (C=O) groups is 2. The van der Waals surface area contributed by atoms with Crippen molar-refractivity contribution in [3.05, 3.63) is 40.8 Å². The van der Waals surface area contributed by atoms with Crippen LogP contribution in [0.2, 0.25) is 0 Å². The Labute approximate surface area is 187 Å². The first-order valence-corrected chi connectivity index (χ1v) is 12.3. The van der Waals surface area contributed by atoms with E-state index in [0.29, 0.717) is 37.3 Å². The maximum atomic E-state index is 12.9. The molecule has 4 rings (SSSR count). The van der Waals surface area contributed by atoms with E-state index < -0.39 is 16.1 Å². The normalized spacial score (nSPS) is 18.7. The number of nitrogens with zero attached hydrogens (tertiary/aromatic N) is 3. The molecule has 1 fully saturated rings. The lowest BCUT2D eigenvalue weighted by Gasteiger charge is -2.23. The van der Waals surface area contributed by atoms with Crippen molar-refractivity contribution in [3.63, 3.8) is 0 Å². The van der Waals surface area contributed by atoms with E-state index in [2.05, 4.69) is 10.5 Å². The Bertz CT molecular complexity index is 1130. The molecule has 9 nitrogen and oxygen atoms in total. The maximum absolute atomic E-state index is 12.9. The van der Waals surface area contributed by atoms with Crippen molar-refractivity contribution in [2.24, 2.45) is 0 Å².